The first-order valence-corrected chi connectivity index (χ1v) is 16.7. The average Bonchev–Trinajstić information content (AvgIpc) is 3.17. The van der Waals surface area contributed by atoms with E-state index in [9.17, 15) is 19.2 Å². The van der Waals surface area contributed by atoms with Crippen molar-refractivity contribution in [2.45, 2.75) is 51.4 Å². The molecular weight excluding hydrogens is 654 g/mol. The van der Waals surface area contributed by atoms with Crippen molar-refractivity contribution in [3.63, 3.8) is 0 Å². The van der Waals surface area contributed by atoms with Gasteiger partial charge in [0.1, 0.15) is 29.3 Å². The summed E-state index contributed by atoms with van der Waals surface area (Å²) in [7, 11) is 1.53. The summed E-state index contributed by atoms with van der Waals surface area (Å²) in [6, 6.07) is 18.6. The molecular formula is C40H47NO10. The summed E-state index contributed by atoms with van der Waals surface area (Å²) in [5.41, 5.74) is 1.48. The largest absolute Gasteiger partial charge is 0.497 e. The second-order valence-corrected chi connectivity index (χ2v) is 10.9. The van der Waals surface area contributed by atoms with Crippen molar-refractivity contribution in [2.24, 2.45) is 0 Å². The summed E-state index contributed by atoms with van der Waals surface area (Å²) in [6.07, 6.45) is 11.7. The molecule has 11 nitrogen and oxygen atoms in total. The van der Waals surface area contributed by atoms with Gasteiger partial charge in [-0.15, -0.1) is 0 Å². The highest BCUT2D eigenvalue weighted by Gasteiger charge is 2.12. The molecule has 1 N–H and O–H groups in total. The van der Waals surface area contributed by atoms with Gasteiger partial charge in [0.2, 0.25) is 0 Å². The first kappa shape index (κ1) is 41.5. The van der Waals surface area contributed by atoms with E-state index in [1.165, 1.54) is 13.2 Å². The second kappa shape index (κ2) is 25.3. The maximum atomic E-state index is 12.4. The lowest BCUT2D eigenvalue weighted by atomic mass is 10.2. The zero-order chi connectivity index (χ0) is 37.1. The van der Waals surface area contributed by atoms with Crippen LogP contribution in [0.1, 0.15) is 77.6 Å². The number of aldehydes is 1. The van der Waals surface area contributed by atoms with E-state index in [1.807, 2.05) is 0 Å². The van der Waals surface area contributed by atoms with Gasteiger partial charge >= 0.3 is 17.9 Å². The Morgan fingerprint density at radius 3 is 1.57 bits per heavy atom. The molecule has 0 aliphatic carbocycles. The summed E-state index contributed by atoms with van der Waals surface area (Å²) in [6.45, 7) is 8.73. The van der Waals surface area contributed by atoms with E-state index >= 15 is 0 Å². The van der Waals surface area contributed by atoms with Gasteiger partial charge in [-0.3, -0.25) is 4.79 Å². The molecule has 3 aromatic carbocycles. The Morgan fingerprint density at radius 2 is 1.12 bits per heavy atom. The topological polar surface area (TPSA) is 148 Å². The van der Waals surface area contributed by atoms with Crippen molar-refractivity contribution < 1.29 is 47.6 Å². The van der Waals surface area contributed by atoms with E-state index in [0.717, 1.165) is 75.7 Å². The van der Waals surface area contributed by atoms with Gasteiger partial charge in [0, 0.05) is 29.5 Å². The van der Waals surface area contributed by atoms with Crippen molar-refractivity contribution >= 4 is 30.4 Å². The van der Waals surface area contributed by atoms with Crippen LogP contribution in [0.25, 0.3) is 0 Å². The minimum Gasteiger partial charge on any atom is -0.497 e. The Bertz CT molecular complexity index is 1530. The van der Waals surface area contributed by atoms with Gasteiger partial charge < -0.3 is 33.8 Å². The fourth-order valence-corrected chi connectivity index (χ4v) is 4.31. The molecule has 0 saturated heterocycles. The number of carbonyl (C=O) groups excluding carboxylic acids is 4. The number of hydrogen-bond acceptors (Lipinski definition) is 11. The van der Waals surface area contributed by atoms with Crippen molar-refractivity contribution in [1.82, 2.24) is 0 Å². The second-order valence-electron chi connectivity index (χ2n) is 10.9. The van der Waals surface area contributed by atoms with Crippen LogP contribution in [0, 0.1) is 5.41 Å². The molecule has 0 fully saturated rings. The normalized spacial score (nSPS) is 9.98. The number of benzene rings is 3. The standard InChI is InChI=1S/C24H27NO6.C16H20O4/c1-3-23(26)30-15-7-5-4-6-14-29-20-10-8-18(9-11-20)24(27)31-22-13-12-21(28-2)16-19(22)17-25;1-2-16(18)20-12-6-4-3-5-11-19-15-9-7-14(13-17)8-10-15/h3,8-13,16-17,25H,1,4-7,14-15H2,2H3;2,7-10,13H,1,3-6,11-12H2. The maximum absolute atomic E-state index is 12.4. The zero-order valence-corrected chi connectivity index (χ0v) is 29.1. The third-order valence-electron chi connectivity index (χ3n) is 7.12. The van der Waals surface area contributed by atoms with Crippen LogP contribution in [-0.4, -0.2) is 63.9 Å². The van der Waals surface area contributed by atoms with Crippen LogP contribution in [-0.2, 0) is 19.1 Å². The molecule has 0 aliphatic heterocycles. The summed E-state index contributed by atoms with van der Waals surface area (Å²) >= 11 is 0. The summed E-state index contributed by atoms with van der Waals surface area (Å²) < 4.78 is 31.5. The lowest BCUT2D eigenvalue weighted by Gasteiger charge is -2.10. The van der Waals surface area contributed by atoms with Crippen molar-refractivity contribution in [3.8, 4) is 23.0 Å². The molecule has 0 heterocycles. The number of hydrogen-bond donors (Lipinski definition) is 1. The van der Waals surface area contributed by atoms with Gasteiger partial charge in [0.25, 0.3) is 0 Å². The Hall–Kier alpha value is -5.71. The number of ether oxygens (including phenoxy) is 6. The van der Waals surface area contributed by atoms with Crippen LogP contribution in [0.15, 0.2) is 92.0 Å². The highest BCUT2D eigenvalue weighted by molar-refractivity contribution is 5.93. The van der Waals surface area contributed by atoms with Gasteiger partial charge in [0.15, 0.2) is 0 Å². The summed E-state index contributed by atoms with van der Waals surface area (Å²) in [5.74, 6) is 1.03. The van der Waals surface area contributed by atoms with Gasteiger partial charge in [0.05, 0.1) is 39.1 Å². The predicted molar refractivity (Wildman–Crippen MR) is 194 cm³/mol. The monoisotopic (exact) mass is 701 g/mol. The molecule has 0 radical (unpaired) electrons. The van der Waals surface area contributed by atoms with E-state index in [1.54, 1.807) is 66.7 Å². The number of methoxy groups -OCH3 is 1. The third-order valence-corrected chi connectivity index (χ3v) is 7.12. The highest BCUT2D eigenvalue weighted by Crippen LogP contribution is 2.24. The van der Waals surface area contributed by atoms with Gasteiger partial charge in [-0.25, -0.2) is 14.4 Å². The number of unbranched alkanes of at least 4 members (excludes halogenated alkanes) is 6. The zero-order valence-electron chi connectivity index (χ0n) is 29.1. The lowest BCUT2D eigenvalue weighted by molar-refractivity contribution is -0.138. The molecule has 272 valence electrons. The van der Waals surface area contributed by atoms with E-state index in [4.69, 9.17) is 33.8 Å². The number of esters is 3. The minimum absolute atomic E-state index is 0.292. The van der Waals surface area contributed by atoms with E-state index in [2.05, 4.69) is 13.2 Å². The molecule has 3 aromatic rings. The Morgan fingerprint density at radius 1 is 0.647 bits per heavy atom. The van der Waals surface area contributed by atoms with Gasteiger partial charge in [-0.2, -0.15) is 0 Å². The number of rotatable bonds is 23. The molecule has 0 saturated carbocycles. The number of carbonyl (C=O) groups is 4. The SMILES string of the molecule is C=CC(=O)OCCCCCCOc1ccc(C(=O)Oc2ccc(OC)cc2C=N)cc1.C=CC(=O)OCCCCCCOc1ccc(C=O)cc1. The van der Waals surface area contributed by atoms with E-state index in [-0.39, 0.29) is 5.97 Å². The molecule has 0 amide bonds. The fraction of sp³-hybridized carbons (Fsp3) is 0.325. The van der Waals surface area contributed by atoms with Crippen molar-refractivity contribution in [2.75, 3.05) is 33.5 Å². The third kappa shape index (κ3) is 17.5. The van der Waals surface area contributed by atoms with E-state index in [0.29, 0.717) is 60.4 Å². The van der Waals surface area contributed by atoms with E-state index < -0.39 is 11.9 Å². The Balaban J connectivity index is 0.000000389. The smallest absolute Gasteiger partial charge is 0.343 e. The average molecular weight is 702 g/mol. The van der Waals surface area contributed by atoms with Crippen LogP contribution < -0.4 is 18.9 Å². The molecule has 11 heteroatoms. The minimum atomic E-state index is -0.517. The molecule has 0 bridgehead atoms. The van der Waals surface area contributed by atoms with Crippen LogP contribution in [0.3, 0.4) is 0 Å². The van der Waals surface area contributed by atoms with Gasteiger partial charge in [-0.1, -0.05) is 13.2 Å². The predicted octanol–water partition coefficient (Wildman–Crippen LogP) is 7.75. The van der Waals surface area contributed by atoms with Crippen molar-refractivity contribution in [1.29, 1.82) is 5.41 Å². The highest BCUT2D eigenvalue weighted by atomic mass is 16.5. The Labute approximate surface area is 299 Å². The van der Waals surface area contributed by atoms with Crippen LogP contribution in [0.4, 0.5) is 0 Å². The summed E-state index contributed by atoms with van der Waals surface area (Å²) in [4.78, 5) is 44.6. The lowest BCUT2D eigenvalue weighted by Crippen LogP contribution is -2.10. The molecule has 51 heavy (non-hydrogen) atoms. The van der Waals surface area contributed by atoms with Crippen LogP contribution >= 0.6 is 0 Å². The van der Waals surface area contributed by atoms with Gasteiger partial charge in [-0.05, 0) is 118 Å². The molecule has 0 aromatic heterocycles. The summed E-state index contributed by atoms with van der Waals surface area (Å²) in [5, 5.41) is 7.47. The maximum Gasteiger partial charge on any atom is 0.343 e. The molecule has 0 unspecified atom stereocenters. The quantitative estimate of drug-likeness (QED) is 0.0260. The van der Waals surface area contributed by atoms with Crippen LogP contribution in [0.5, 0.6) is 23.0 Å². The number of nitrogens with one attached hydrogen (secondary N) is 1. The molecule has 0 aliphatic rings. The molecule has 0 spiro atoms. The van der Waals surface area contributed by atoms with Crippen LogP contribution in [0.2, 0.25) is 0 Å². The molecule has 0 atom stereocenters. The fourth-order valence-electron chi connectivity index (χ4n) is 4.31. The first-order valence-electron chi connectivity index (χ1n) is 16.7. The first-order chi connectivity index (χ1) is 24.8. The van der Waals surface area contributed by atoms with Crippen molar-refractivity contribution in [3.05, 3.63) is 109 Å². The Kier molecular flexibility index (Phi) is 20.6. The molecule has 3 rings (SSSR count).